The van der Waals surface area contributed by atoms with E-state index in [1.54, 1.807) is 6.08 Å². The first-order chi connectivity index (χ1) is 12.1. The lowest BCUT2D eigenvalue weighted by Crippen LogP contribution is -2.35. The molecule has 2 aromatic rings. The van der Waals surface area contributed by atoms with Gasteiger partial charge in [0.25, 0.3) is 0 Å². The molecular formula is C20H21NO4. The van der Waals surface area contributed by atoms with Crippen LogP contribution >= 0.6 is 0 Å². The van der Waals surface area contributed by atoms with Crippen LogP contribution in [0.3, 0.4) is 0 Å². The van der Waals surface area contributed by atoms with Crippen molar-refractivity contribution in [3.8, 4) is 17.2 Å². The molecular weight excluding hydrogens is 318 g/mol. The van der Waals surface area contributed by atoms with E-state index >= 15 is 0 Å². The van der Waals surface area contributed by atoms with E-state index in [0.29, 0.717) is 12.4 Å². The number of aryl methyl sites for hydroxylation is 1. The van der Waals surface area contributed by atoms with Gasteiger partial charge in [-0.1, -0.05) is 24.3 Å². The topological polar surface area (TPSA) is 56.8 Å². The van der Waals surface area contributed by atoms with Crippen LogP contribution in [0.5, 0.6) is 17.2 Å². The van der Waals surface area contributed by atoms with E-state index in [4.69, 9.17) is 14.2 Å². The molecule has 1 aliphatic rings. The number of carbonyl (C=O) groups excluding carboxylic acids is 1. The maximum Gasteiger partial charge on any atom is 0.244 e. The minimum atomic E-state index is -0.168. The molecule has 1 amide bonds. The highest BCUT2D eigenvalue weighted by atomic mass is 16.7. The van der Waals surface area contributed by atoms with E-state index in [9.17, 15) is 4.79 Å². The van der Waals surface area contributed by atoms with E-state index in [1.165, 1.54) is 6.08 Å². The normalized spacial score (nSPS) is 13.7. The van der Waals surface area contributed by atoms with Crippen LogP contribution in [0.4, 0.5) is 0 Å². The Kier molecular flexibility index (Phi) is 5.23. The number of hydrogen-bond donors (Lipinski definition) is 1. The molecule has 0 aliphatic carbocycles. The highest BCUT2D eigenvalue weighted by molar-refractivity contribution is 5.92. The summed E-state index contributed by atoms with van der Waals surface area (Å²) in [6, 6.07) is 13.3. The number of fused-ring (bicyclic) bond motifs is 1. The number of amides is 1. The maximum atomic E-state index is 12.0. The summed E-state index contributed by atoms with van der Waals surface area (Å²) in [6.07, 6.45) is 3.24. The Hall–Kier alpha value is -2.95. The van der Waals surface area contributed by atoms with Gasteiger partial charge in [-0.25, -0.2) is 0 Å². The number of hydrogen-bond acceptors (Lipinski definition) is 4. The van der Waals surface area contributed by atoms with Gasteiger partial charge in [0.15, 0.2) is 11.5 Å². The number of nitrogens with one attached hydrogen (secondary N) is 1. The van der Waals surface area contributed by atoms with Gasteiger partial charge < -0.3 is 19.5 Å². The average Bonchev–Trinajstić information content (AvgIpc) is 3.07. The number of ether oxygens (including phenoxy) is 3. The van der Waals surface area contributed by atoms with Crippen molar-refractivity contribution in [3.05, 3.63) is 59.7 Å². The number of benzene rings is 2. The van der Waals surface area contributed by atoms with Gasteiger partial charge in [0.1, 0.15) is 12.4 Å². The van der Waals surface area contributed by atoms with E-state index in [2.05, 4.69) is 5.32 Å². The lowest BCUT2D eigenvalue weighted by Gasteiger charge is -2.15. The molecule has 1 heterocycles. The fourth-order valence-corrected chi connectivity index (χ4v) is 2.45. The molecule has 1 atom stereocenters. The number of rotatable bonds is 6. The molecule has 0 saturated carbocycles. The largest absolute Gasteiger partial charge is 0.491 e. The summed E-state index contributed by atoms with van der Waals surface area (Å²) in [5.41, 5.74) is 1.95. The van der Waals surface area contributed by atoms with Gasteiger partial charge in [0, 0.05) is 6.08 Å². The molecule has 0 aromatic heterocycles. The summed E-state index contributed by atoms with van der Waals surface area (Å²) < 4.78 is 16.3. The van der Waals surface area contributed by atoms with Gasteiger partial charge in [-0.3, -0.25) is 4.79 Å². The Bertz CT molecular complexity index is 785. The molecule has 0 radical (unpaired) electrons. The lowest BCUT2D eigenvalue weighted by atomic mass is 10.2. The van der Waals surface area contributed by atoms with Crippen molar-refractivity contribution in [2.75, 3.05) is 13.4 Å². The van der Waals surface area contributed by atoms with Crippen molar-refractivity contribution in [3.63, 3.8) is 0 Å². The van der Waals surface area contributed by atoms with Crippen molar-refractivity contribution < 1.29 is 19.0 Å². The van der Waals surface area contributed by atoms with Crippen LogP contribution in [-0.2, 0) is 4.79 Å². The summed E-state index contributed by atoms with van der Waals surface area (Å²) in [4.78, 5) is 12.0. The molecule has 0 bridgehead atoms. The molecule has 0 spiro atoms. The Balaban J connectivity index is 1.49. The second kappa shape index (κ2) is 7.75. The third-order valence-electron chi connectivity index (χ3n) is 3.79. The average molecular weight is 339 g/mol. The van der Waals surface area contributed by atoms with Gasteiger partial charge in [-0.05, 0) is 49.2 Å². The summed E-state index contributed by atoms with van der Waals surface area (Å²) in [6.45, 7) is 4.55. The fourth-order valence-electron chi connectivity index (χ4n) is 2.45. The molecule has 1 aliphatic heterocycles. The zero-order valence-electron chi connectivity index (χ0n) is 14.3. The Morgan fingerprint density at radius 1 is 1.24 bits per heavy atom. The molecule has 2 aromatic carbocycles. The number of para-hydroxylation sites is 1. The van der Waals surface area contributed by atoms with Crippen LogP contribution in [0.1, 0.15) is 18.1 Å². The standard InChI is InChI=1S/C20H21NO4/c1-14-5-3-4-6-17(14)23-12-15(2)21-20(22)10-8-16-7-9-18-19(11-16)25-13-24-18/h3-11,15H,12-13H2,1-2H3,(H,21,22)/b10-8+/t15-/m1/s1. The monoisotopic (exact) mass is 339 g/mol. The van der Waals surface area contributed by atoms with Gasteiger partial charge in [-0.2, -0.15) is 0 Å². The molecule has 1 N–H and O–H groups in total. The van der Waals surface area contributed by atoms with Crippen LogP contribution in [0, 0.1) is 6.92 Å². The van der Waals surface area contributed by atoms with E-state index in [0.717, 1.165) is 22.6 Å². The van der Waals surface area contributed by atoms with Gasteiger partial charge >= 0.3 is 0 Å². The molecule has 0 saturated heterocycles. The van der Waals surface area contributed by atoms with E-state index in [1.807, 2.05) is 56.3 Å². The van der Waals surface area contributed by atoms with Crippen LogP contribution in [0.15, 0.2) is 48.5 Å². The van der Waals surface area contributed by atoms with E-state index < -0.39 is 0 Å². The second-order valence-electron chi connectivity index (χ2n) is 5.93. The third-order valence-corrected chi connectivity index (χ3v) is 3.79. The van der Waals surface area contributed by atoms with Crippen LogP contribution in [-0.4, -0.2) is 25.3 Å². The predicted molar refractivity (Wildman–Crippen MR) is 95.9 cm³/mol. The summed E-state index contributed by atoms with van der Waals surface area (Å²) >= 11 is 0. The first kappa shape index (κ1) is 16.9. The molecule has 5 nitrogen and oxygen atoms in total. The third kappa shape index (κ3) is 4.53. The van der Waals surface area contributed by atoms with Gasteiger partial charge in [0.05, 0.1) is 6.04 Å². The SMILES string of the molecule is Cc1ccccc1OC[C@@H](C)NC(=O)/C=C/c1ccc2c(c1)OCO2. The van der Waals surface area contributed by atoms with Crippen LogP contribution < -0.4 is 19.5 Å². The first-order valence-electron chi connectivity index (χ1n) is 8.18. The van der Waals surface area contributed by atoms with E-state index in [-0.39, 0.29) is 18.7 Å². The summed E-state index contributed by atoms with van der Waals surface area (Å²) in [5.74, 6) is 2.09. The van der Waals surface area contributed by atoms with Crippen molar-refractivity contribution in [1.29, 1.82) is 0 Å². The molecule has 130 valence electrons. The summed E-state index contributed by atoms with van der Waals surface area (Å²) in [7, 11) is 0. The quantitative estimate of drug-likeness (QED) is 0.820. The Morgan fingerprint density at radius 3 is 2.88 bits per heavy atom. The Morgan fingerprint density at radius 2 is 2.04 bits per heavy atom. The van der Waals surface area contributed by atoms with Gasteiger partial charge in [0.2, 0.25) is 12.7 Å². The molecule has 0 unspecified atom stereocenters. The van der Waals surface area contributed by atoms with Crippen molar-refractivity contribution >= 4 is 12.0 Å². The Labute approximate surface area is 147 Å². The molecule has 25 heavy (non-hydrogen) atoms. The van der Waals surface area contributed by atoms with Crippen molar-refractivity contribution in [2.45, 2.75) is 19.9 Å². The minimum Gasteiger partial charge on any atom is -0.491 e. The molecule has 0 fully saturated rings. The highest BCUT2D eigenvalue weighted by Gasteiger charge is 2.12. The van der Waals surface area contributed by atoms with Crippen molar-refractivity contribution in [2.24, 2.45) is 0 Å². The smallest absolute Gasteiger partial charge is 0.244 e. The molecule has 5 heteroatoms. The highest BCUT2D eigenvalue weighted by Crippen LogP contribution is 2.32. The fraction of sp³-hybridized carbons (Fsp3) is 0.250. The van der Waals surface area contributed by atoms with Crippen LogP contribution in [0.2, 0.25) is 0 Å². The number of carbonyl (C=O) groups is 1. The molecule has 3 rings (SSSR count). The minimum absolute atomic E-state index is 0.103. The van der Waals surface area contributed by atoms with Crippen LogP contribution in [0.25, 0.3) is 6.08 Å². The zero-order valence-corrected chi connectivity index (χ0v) is 14.3. The zero-order chi connectivity index (χ0) is 17.6. The van der Waals surface area contributed by atoms with Gasteiger partial charge in [-0.15, -0.1) is 0 Å². The van der Waals surface area contributed by atoms with Crippen molar-refractivity contribution in [1.82, 2.24) is 5.32 Å². The lowest BCUT2D eigenvalue weighted by molar-refractivity contribution is -0.117. The summed E-state index contributed by atoms with van der Waals surface area (Å²) in [5, 5.41) is 2.89. The second-order valence-corrected chi connectivity index (χ2v) is 5.93. The maximum absolute atomic E-state index is 12.0. The predicted octanol–water partition coefficient (Wildman–Crippen LogP) is 3.32. The first-order valence-corrected chi connectivity index (χ1v) is 8.18.